The molecule has 0 N–H and O–H groups in total. The molecule has 0 aliphatic heterocycles. The number of hydrogen-bond acceptors (Lipinski definition) is 1. The van der Waals surface area contributed by atoms with E-state index in [0.29, 0.717) is 5.15 Å². The Morgan fingerprint density at radius 1 is 1.31 bits per heavy atom. The van der Waals surface area contributed by atoms with Gasteiger partial charge in [-0.25, -0.2) is 4.98 Å². The summed E-state index contributed by atoms with van der Waals surface area (Å²) >= 11 is 9.37. The SMILES string of the molecule is Clc1nc(CBr)cc2ccccc12. The molecule has 0 fully saturated rings. The Bertz CT molecular complexity index is 442. The molecule has 1 heterocycles. The van der Waals surface area contributed by atoms with Crippen molar-refractivity contribution < 1.29 is 0 Å². The molecule has 0 atom stereocenters. The van der Waals surface area contributed by atoms with E-state index in [0.717, 1.165) is 21.8 Å². The van der Waals surface area contributed by atoms with Gasteiger partial charge in [0.25, 0.3) is 0 Å². The number of rotatable bonds is 1. The van der Waals surface area contributed by atoms with E-state index in [1.165, 1.54) is 0 Å². The van der Waals surface area contributed by atoms with E-state index in [1.54, 1.807) is 0 Å². The third-order valence-corrected chi connectivity index (χ3v) is 2.75. The molecule has 2 aromatic rings. The van der Waals surface area contributed by atoms with Crippen molar-refractivity contribution in [3.05, 3.63) is 41.2 Å². The Morgan fingerprint density at radius 2 is 2.08 bits per heavy atom. The molecule has 0 unspecified atom stereocenters. The van der Waals surface area contributed by atoms with Gasteiger partial charge < -0.3 is 0 Å². The fourth-order valence-corrected chi connectivity index (χ4v) is 1.85. The average molecular weight is 257 g/mol. The first-order valence-electron chi connectivity index (χ1n) is 3.91. The van der Waals surface area contributed by atoms with Crippen LogP contribution in [0.4, 0.5) is 0 Å². The fraction of sp³-hybridized carbons (Fsp3) is 0.100. The molecule has 0 amide bonds. The first kappa shape index (κ1) is 8.97. The Kier molecular flexibility index (Phi) is 2.51. The molecule has 13 heavy (non-hydrogen) atoms. The summed E-state index contributed by atoms with van der Waals surface area (Å²) < 4.78 is 0. The predicted molar refractivity (Wildman–Crippen MR) is 59.4 cm³/mol. The van der Waals surface area contributed by atoms with Crippen molar-refractivity contribution in [3.63, 3.8) is 0 Å². The van der Waals surface area contributed by atoms with Crippen molar-refractivity contribution in [1.29, 1.82) is 0 Å². The third kappa shape index (κ3) is 1.69. The molecule has 0 spiro atoms. The van der Waals surface area contributed by atoms with Crippen LogP contribution in [-0.2, 0) is 5.33 Å². The number of benzene rings is 1. The van der Waals surface area contributed by atoms with Crippen molar-refractivity contribution in [1.82, 2.24) is 4.98 Å². The highest BCUT2D eigenvalue weighted by atomic mass is 79.9. The van der Waals surface area contributed by atoms with Gasteiger partial charge in [-0.15, -0.1) is 0 Å². The van der Waals surface area contributed by atoms with Crippen molar-refractivity contribution in [2.45, 2.75) is 5.33 Å². The number of pyridine rings is 1. The third-order valence-electron chi connectivity index (χ3n) is 1.88. The summed E-state index contributed by atoms with van der Waals surface area (Å²) in [5.74, 6) is 0. The van der Waals surface area contributed by atoms with Crippen LogP contribution >= 0.6 is 27.5 Å². The normalized spacial score (nSPS) is 10.6. The number of halogens is 2. The first-order valence-corrected chi connectivity index (χ1v) is 5.41. The van der Waals surface area contributed by atoms with Crippen LogP contribution in [0.2, 0.25) is 5.15 Å². The van der Waals surface area contributed by atoms with Gasteiger partial charge in [0.2, 0.25) is 0 Å². The molecule has 0 aliphatic rings. The van der Waals surface area contributed by atoms with Gasteiger partial charge in [-0.3, -0.25) is 0 Å². The van der Waals surface area contributed by atoms with Crippen LogP contribution in [0, 0.1) is 0 Å². The van der Waals surface area contributed by atoms with Crippen LogP contribution in [0.25, 0.3) is 10.8 Å². The smallest absolute Gasteiger partial charge is 0.137 e. The maximum atomic E-state index is 6.01. The van der Waals surface area contributed by atoms with E-state index in [9.17, 15) is 0 Å². The summed E-state index contributed by atoms with van der Waals surface area (Å²) in [5, 5.41) is 3.45. The van der Waals surface area contributed by atoms with Crippen molar-refractivity contribution in [3.8, 4) is 0 Å². The molecule has 1 nitrogen and oxygen atoms in total. The Hall–Kier alpha value is -0.600. The lowest BCUT2D eigenvalue weighted by Gasteiger charge is -2.01. The van der Waals surface area contributed by atoms with Crippen LogP contribution in [0.3, 0.4) is 0 Å². The molecule has 0 saturated heterocycles. The van der Waals surface area contributed by atoms with E-state index in [-0.39, 0.29) is 0 Å². The minimum absolute atomic E-state index is 0.576. The first-order chi connectivity index (χ1) is 6.31. The lowest BCUT2D eigenvalue weighted by Crippen LogP contribution is -1.86. The van der Waals surface area contributed by atoms with Gasteiger partial charge >= 0.3 is 0 Å². The quantitative estimate of drug-likeness (QED) is 0.559. The lowest BCUT2D eigenvalue weighted by molar-refractivity contribution is 1.21. The summed E-state index contributed by atoms with van der Waals surface area (Å²) in [6.07, 6.45) is 0. The maximum absolute atomic E-state index is 6.01. The molecular formula is C10H7BrClN. The van der Waals surface area contributed by atoms with Crippen molar-refractivity contribution >= 4 is 38.3 Å². The average Bonchev–Trinajstić information content (AvgIpc) is 2.18. The number of alkyl halides is 1. The number of fused-ring (bicyclic) bond motifs is 1. The van der Waals surface area contributed by atoms with Crippen LogP contribution in [0.5, 0.6) is 0 Å². The standard InChI is InChI=1S/C10H7BrClN/c11-6-8-5-7-3-1-2-4-9(7)10(12)13-8/h1-5H,6H2. The molecule has 1 aromatic heterocycles. The molecule has 0 radical (unpaired) electrons. The maximum Gasteiger partial charge on any atom is 0.137 e. The zero-order chi connectivity index (χ0) is 9.26. The molecule has 1 aromatic carbocycles. The van der Waals surface area contributed by atoms with Gasteiger partial charge in [0, 0.05) is 10.7 Å². The minimum Gasteiger partial charge on any atom is -0.240 e. The molecule has 66 valence electrons. The van der Waals surface area contributed by atoms with Gasteiger partial charge in [-0.05, 0) is 11.5 Å². The summed E-state index contributed by atoms with van der Waals surface area (Å²) in [7, 11) is 0. The highest BCUT2D eigenvalue weighted by molar-refractivity contribution is 9.08. The van der Waals surface area contributed by atoms with Crippen molar-refractivity contribution in [2.24, 2.45) is 0 Å². The van der Waals surface area contributed by atoms with E-state index in [4.69, 9.17) is 11.6 Å². The predicted octanol–water partition coefficient (Wildman–Crippen LogP) is 3.78. The lowest BCUT2D eigenvalue weighted by atomic mass is 10.1. The molecule has 0 aliphatic carbocycles. The number of hydrogen-bond donors (Lipinski definition) is 0. The number of aromatic nitrogens is 1. The summed E-state index contributed by atoms with van der Waals surface area (Å²) in [6.45, 7) is 0. The summed E-state index contributed by atoms with van der Waals surface area (Å²) in [6, 6.07) is 10.0. The van der Waals surface area contributed by atoms with Crippen LogP contribution in [0.1, 0.15) is 5.69 Å². The van der Waals surface area contributed by atoms with Gasteiger partial charge in [0.1, 0.15) is 5.15 Å². The van der Waals surface area contributed by atoms with Gasteiger partial charge in [0.05, 0.1) is 5.69 Å². The van der Waals surface area contributed by atoms with Gasteiger partial charge in [-0.2, -0.15) is 0 Å². The fourth-order valence-electron chi connectivity index (χ4n) is 1.28. The molecular weight excluding hydrogens is 249 g/mol. The highest BCUT2D eigenvalue weighted by Crippen LogP contribution is 2.22. The zero-order valence-corrected chi connectivity index (χ0v) is 9.14. The Balaban J connectivity index is 2.77. The minimum atomic E-state index is 0.576. The largest absolute Gasteiger partial charge is 0.240 e. The summed E-state index contributed by atoms with van der Waals surface area (Å²) in [4.78, 5) is 4.24. The van der Waals surface area contributed by atoms with Gasteiger partial charge in [0.15, 0.2) is 0 Å². The van der Waals surface area contributed by atoms with E-state index >= 15 is 0 Å². The molecule has 0 bridgehead atoms. The van der Waals surface area contributed by atoms with Crippen molar-refractivity contribution in [2.75, 3.05) is 0 Å². The monoisotopic (exact) mass is 255 g/mol. The number of nitrogens with zero attached hydrogens (tertiary/aromatic N) is 1. The Labute approximate surface area is 89.9 Å². The molecule has 3 heteroatoms. The van der Waals surface area contributed by atoms with Crippen LogP contribution in [0.15, 0.2) is 30.3 Å². The summed E-state index contributed by atoms with van der Waals surface area (Å²) in [5.41, 5.74) is 0.962. The van der Waals surface area contributed by atoms with Crippen LogP contribution < -0.4 is 0 Å². The zero-order valence-electron chi connectivity index (χ0n) is 6.80. The molecule has 2 rings (SSSR count). The molecule has 0 saturated carbocycles. The second kappa shape index (κ2) is 3.64. The van der Waals surface area contributed by atoms with E-state index < -0.39 is 0 Å². The topological polar surface area (TPSA) is 12.9 Å². The second-order valence-corrected chi connectivity index (χ2v) is 3.68. The van der Waals surface area contributed by atoms with E-state index in [2.05, 4.69) is 20.9 Å². The van der Waals surface area contributed by atoms with Crippen LogP contribution in [-0.4, -0.2) is 4.98 Å². The van der Waals surface area contributed by atoms with Gasteiger partial charge in [-0.1, -0.05) is 51.8 Å². The van der Waals surface area contributed by atoms with E-state index in [1.807, 2.05) is 30.3 Å². The Morgan fingerprint density at radius 3 is 2.85 bits per heavy atom. The second-order valence-electron chi connectivity index (χ2n) is 2.76. The highest BCUT2D eigenvalue weighted by Gasteiger charge is 2.01.